The third-order valence-electron chi connectivity index (χ3n) is 4.65. The van der Waals surface area contributed by atoms with Gasteiger partial charge in [-0.2, -0.15) is 13.2 Å². The summed E-state index contributed by atoms with van der Waals surface area (Å²) in [6, 6.07) is 9.22. The summed E-state index contributed by atoms with van der Waals surface area (Å²) in [6.45, 7) is 3.34. The zero-order valence-electron chi connectivity index (χ0n) is 17.7. The molecule has 0 unspecified atom stereocenters. The van der Waals surface area contributed by atoms with Crippen LogP contribution >= 0.6 is 23.2 Å². The van der Waals surface area contributed by atoms with E-state index in [1.165, 1.54) is 35.2 Å². The van der Waals surface area contributed by atoms with Crippen molar-refractivity contribution in [1.82, 2.24) is 4.98 Å². The molecule has 6 nitrogen and oxygen atoms in total. The Hall–Kier alpha value is -3.30. The number of alkyl halides is 3. The van der Waals surface area contributed by atoms with Crippen molar-refractivity contribution < 1.29 is 32.6 Å². The van der Waals surface area contributed by atoms with Crippen molar-refractivity contribution in [2.75, 3.05) is 4.90 Å². The minimum atomic E-state index is -4.72. The number of anilines is 1. The summed E-state index contributed by atoms with van der Waals surface area (Å²) in [4.78, 5) is 30.1. The Balaban J connectivity index is 2.05. The van der Waals surface area contributed by atoms with E-state index in [1.54, 1.807) is 13.8 Å². The van der Waals surface area contributed by atoms with Gasteiger partial charge in [-0.1, -0.05) is 23.2 Å². The molecule has 178 valence electrons. The van der Waals surface area contributed by atoms with Crippen molar-refractivity contribution in [1.29, 1.82) is 0 Å². The molecule has 1 N–H and O–H groups in total. The zero-order valence-corrected chi connectivity index (χ0v) is 19.2. The zero-order chi connectivity index (χ0) is 25.2. The number of carbonyl (C=O) groups excluding carboxylic acids is 1. The Morgan fingerprint density at radius 3 is 2.35 bits per heavy atom. The molecule has 3 rings (SSSR count). The average Bonchev–Trinajstić information content (AvgIpc) is 2.74. The Labute approximate surface area is 202 Å². The molecule has 1 aromatic heterocycles. The highest BCUT2D eigenvalue weighted by molar-refractivity contribution is 6.37. The van der Waals surface area contributed by atoms with Crippen LogP contribution in [0.1, 0.15) is 40.1 Å². The Morgan fingerprint density at radius 2 is 1.76 bits per heavy atom. The maximum Gasteiger partial charge on any atom is 0.421 e. The summed E-state index contributed by atoms with van der Waals surface area (Å²) in [6.07, 6.45) is -3.61. The Kier molecular flexibility index (Phi) is 7.38. The third kappa shape index (κ3) is 5.43. The molecule has 0 fully saturated rings. The first kappa shape index (κ1) is 25.3. The number of benzene rings is 2. The van der Waals surface area contributed by atoms with Gasteiger partial charge in [0, 0.05) is 17.3 Å². The van der Waals surface area contributed by atoms with Crippen molar-refractivity contribution >= 4 is 40.8 Å². The van der Waals surface area contributed by atoms with Crippen LogP contribution in [-0.4, -0.2) is 28.0 Å². The van der Waals surface area contributed by atoms with E-state index in [1.807, 2.05) is 0 Å². The summed E-state index contributed by atoms with van der Waals surface area (Å²) >= 11 is 12.1. The molecule has 0 saturated carbocycles. The lowest BCUT2D eigenvalue weighted by molar-refractivity contribution is -0.138. The fourth-order valence-electron chi connectivity index (χ4n) is 3.17. The number of nitrogens with zero attached hydrogens (tertiary/aromatic N) is 2. The number of rotatable bonds is 6. The summed E-state index contributed by atoms with van der Waals surface area (Å²) in [5.74, 6) is -2.94. The van der Waals surface area contributed by atoms with Crippen LogP contribution < -0.4 is 9.64 Å². The number of pyridine rings is 1. The number of carboxylic acid groups (broad SMARTS) is 1. The van der Waals surface area contributed by atoms with Crippen LogP contribution in [-0.2, 0) is 6.18 Å². The van der Waals surface area contributed by atoms with Gasteiger partial charge in [-0.3, -0.25) is 4.79 Å². The molecular formula is C23H17Cl2F3N2O4. The Bertz CT molecular complexity index is 1250. The molecule has 11 heteroatoms. The van der Waals surface area contributed by atoms with Gasteiger partial charge in [0.1, 0.15) is 11.3 Å². The van der Waals surface area contributed by atoms with E-state index in [4.69, 9.17) is 27.9 Å². The van der Waals surface area contributed by atoms with Crippen molar-refractivity contribution in [3.8, 4) is 11.6 Å². The number of halogens is 5. The molecule has 0 atom stereocenters. The van der Waals surface area contributed by atoms with E-state index in [2.05, 4.69) is 4.98 Å². The highest BCUT2D eigenvalue weighted by atomic mass is 35.5. The highest BCUT2D eigenvalue weighted by Gasteiger charge is 2.35. The topological polar surface area (TPSA) is 79.7 Å². The largest absolute Gasteiger partial charge is 0.478 e. The number of amides is 1. The van der Waals surface area contributed by atoms with Crippen molar-refractivity contribution in [2.24, 2.45) is 0 Å². The lowest BCUT2D eigenvalue weighted by atomic mass is 10.1. The average molecular weight is 513 g/mol. The number of carbonyl (C=O) groups is 2. The molecule has 1 heterocycles. The van der Waals surface area contributed by atoms with Crippen LogP contribution in [0.5, 0.6) is 11.6 Å². The van der Waals surface area contributed by atoms with E-state index in [0.29, 0.717) is 5.02 Å². The number of hydrogen-bond acceptors (Lipinski definition) is 4. The first-order chi connectivity index (χ1) is 15.9. The lowest BCUT2D eigenvalue weighted by Crippen LogP contribution is -2.38. The third-order valence-corrected chi connectivity index (χ3v) is 5.19. The van der Waals surface area contributed by atoms with Gasteiger partial charge >= 0.3 is 12.1 Å². The standard InChI is InChI=1S/C23H17Cl2F3N2O4/c1-12(2)30(21(31)15-7-5-13(24)10-18(15)25)19-8-6-14(11-16(19)22(32)33)34-20-17(23(26,27)28)4-3-9-29-20/h3-12H,1-2H3,(H,32,33). The molecule has 0 aliphatic heterocycles. The predicted molar refractivity (Wildman–Crippen MR) is 121 cm³/mol. The van der Waals surface area contributed by atoms with E-state index in [9.17, 15) is 27.9 Å². The first-order valence-electron chi connectivity index (χ1n) is 9.76. The summed E-state index contributed by atoms with van der Waals surface area (Å²) in [5, 5.41) is 10.2. The van der Waals surface area contributed by atoms with Gasteiger partial charge in [-0.15, -0.1) is 0 Å². The molecule has 1 amide bonds. The maximum atomic E-state index is 13.3. The van der Waals surface area contributed by atoms with Gasteiger partial charge in [0.05, 0.1) is 21.8 Å². The van der Waals surface area contributed by atoms with Crippen molar-refractivity contribution in [3.05, 3.63) is 81.5 Å². The summed E-state index contributed by atoms with van der Waals surface area (Å²) < 4.78 is 45.0. The number of ether oxygens (including phenoxy) is 1. The fourth-order valence-corrected chi connectivity index (χ4v) is 3.66. The summed E-state index contributed by atoms with van der Waals surface area (Å²) in [5.41, 5.74) is -1.39. The smallest absolute Gasteiger partial charge is 0.421 e. The molecule has 0 saturated heterocycles. The first-order valence-corrected chi connectivity index (χ1v) is 10.5. The van der Waals surface area contributed by atoms with Crippen molar-refractivity contribution in [3.63, 3.8) is 0 Å². The van der Waals surface area contributed by atoms with Crippen LogP contribution in [0.25, 0.3) is 0 Å². The minimum absolute atomic E-state index is 0.00272. The Morgan fingerprint density at radius 1 is 1.06 bits per heavy atom. The van der Waals surface area contributed by atoms with Crippen LogP contribution in [0.3, 0.4) is 0 Å². The molecule has 0 aliphatic rings. The van der Waals surface area contributed by atoms with E-state index < -0.39 is 35.5 Å². The number of aromatic nitrogens is 1. The van der Waals surface area contributed by atoms with Crippen molar-refractivity contribution in [2.45, 2.75) is 26.1 Å². The normalized spacial score (nSPS) is 11.4. The van der Waals surface area contributed by atoms with Gasteiger partial charge in [0.15, 0.2) is 0 Å². The molecule has 34 heavy (non-hydrogen) atoms. The SMILES string of the molecule is CC(C)N(C(=O)c1ccc(Cl)cc1Cl)c1ccc(Oc2ncccc2C(F)(F)F)cc1C(=O)O. The number of hydrogen-bond donors (Lipinski definition) is 1. The molecule has 0 bridgehead atoms. The second kappa shape index (κ2) is 9.90. The van der Waals surface area contributed by atoms with E-state index in [0.717, 1.165) is 24.4 Å². The lowest BCUT2D eigenvalue weighted by Gasteiger charge is -2.29. The minimum Gasteiger partial charge on any atom is -0.478 e. The number of aromatic carboxylic acids is 1. The van der Waals surface area contributed by atoms with Crippen LogP contribution in [0.15, 0.2) is 54.7 Å². The van der Waals surface area contributed by atoms with E-state index in [-0.39, 0.29) is 27.6 Å². The van der Waals surface area contributed by atoms with E-state index >= 15 is 0 Å². The van der Waals surface area contributed by atoms with Gasteiger partial charge in [-0.25, -0.2) is 9.78 Å². The van der Waals surface area contributed by atoms with Gasteiger partial charge < -0.3 is 14.7 Å². The summed E-state index contributed by atoms with van der Waals surface area (Å²) in [7, 11) is 0. The van der Waals surface area contributed by atoms with Crippen LogP contribution in [0, 0.1) is 0 Å². The van der Waals surface area contributed by atoms with Crippen LogP contribution in [0.2, 0.25) is 10.0 Å². The fraction of sp³-hybridized carbons (Fsp3) is 0.174. The molecule has 0 aliphatic carbocycles. The quantitative estimate of drug-likeness (QED) is 0.386. The van der Waals surface area contributed by atoms with Gasteiger partial charge in [0.25, 0.3) is 5.91 Å². The molecule has 3 aromatic rings. The molecule has 0 radical (unpaired) electrons. The number of carboxylic acids is 1. The van der Waals surface area contributed by atoms with Gasteiger partial charge in [-0.05, 0) is 62.4 Å². The molecule has 0 spiro atoms. The molecule has 2 aromatic carbocycles. The second-order valence-corrected chi connectivity index (χ2v) is 8.18. The highest BCUT2D eigenvalue weighted by Crippen LogP contribution is 2.38. The monoisotopic (exact) mass is 512 g/mol. The van der Waals surface area contributed by atoms with Crippen LogP contribution in [0.4, 0.5) is 18.9 Å². The predicted octanol–water partition coefficient (Wildman–Crippen LogP) is 6.95. The second-order valence-electron chi connectivity index (χ2n) is 7.33. The van der Waals surface area contributed by atoms with Gasteiger partial charge in [0.2, 0.25) is 5.88 Å². The molecular weight excluding hydrogens is 496 g/mol. The maximum absolute atomic E-state index is 13.3.